The number of aryl methyl sites for hydroxylation is 1. The Balaban J connectivity index is 2.15. The van der Waals surface area contributed by atoms with Crippen LogP contribution >= 0.6 is 0 Å². The summed E-state index contributed by atoms with van der Waals surface area (Å²) in [6.07, 6.45) is 3.16. The van der Waals surface area contributed by atoms with E-state index in [9.17, 15) is 0 Å². The van der Waals surface area contributed by atoms with Gasteiger partial charge in [0.15, 0.2) is 0 Å². The fraction of sp³-hybridized carbons (Fsp3) is 0.250. The Morgan fingerprint density at radius 1 is 0.765 bits per heavy atom. The smallest absolute Gasteiger partial charge is 0.00230 e. The zero-order valence-corrected chi connectivity index (χ0v) is 10.1. The van der Waals surface area contributed by atoms with Crippen LogP contribution in [0.1, 0.15) is 23.1 Å². The Hall–Kier alpha value is -1.60. The van der Waals surface area contributed by atoms with Gasteiger partial charge in [-0.2, -0.15) is 0 Å². The highest BCUT2D eigenvalue weighted by Crippen LogP contribution is 2.15. The van der Waals surface area contributed by atoms with Crippen molar-refractivity contribution in [1.82, 2.24) is 0 Å². The minimum Gasteiger partial charge on any atom is -0.330 e. The lowest BCUT2D eigenvalue weighted by molar-refractivity contribution is 0.824. The van der Waals surface area contributed by atoms with Crippen molar-refractivity contribution in [1.29, 1.82) is 0 Å². The van der Waals surface area contributed by atoms with Crippen LogP contribution in [0.4, 0.5) is 0 Å². The van der Waals surface area contributed by atoms with Gasteiger partial charge in [0, 0.05) is 0 Å². The zero-order valence-electron chi connectivity index (χ0n) is 10.1. The van der Waals surface area contributed by atoms with Gasteiger partial charge in [-0.1, -0.05) is 54.6 Å². The van der Waals surface area contributed by atoms with Crippen molar-refractivity contribution in [2.75, 3.05) is 6.54 Å². The zero-order chi connectivity index (χ0) is 11.9. The van der Waals surface area contributed by atoms with E-state index in [-0.39, 0.29) is 0 Å². The van der Waals surface area contributed by atoms with Crippen LogP contribution in [0.2, 0.25) is 0 Å². The van der Waals surface area contributed by atoms with E-state index in [0.717, 1.165) is 25.8 Å². The summed E-state index contributed by atoms with van der Waals surface area (Å²) in [7, 11) is 0. The summed E-state index contributed by atoms with van der Waals surface area (Å²) in [6, 6.07) is 19.3. The van der Waals surface area contributed by atoms with Crippen LogP contribution in [0.25, 0.3) is 0 Å². The van der Waals surface area contributed by atoms with Crippen molar-refractivity contribution in [2.24, 2.45) is 5.73 Å². The maximum absolute atomic E-state index is 5.58. The third-order valence-corrected chi connectivity index (χ3v) is 3.01. The van der Waals surface area contributed by atoms with E-state index < -0.39 is 0 Å². The van der Waals surface area contributed by atoms with Crippen LogP contribution in [0.3, 0.4) is 0 Å². The van der Waals surface area contributed by atoms with Gasteiger partial charge >= 0.3 is 0 Å². The third-order valence-electron chi connectivity index (χ3n) is 3.01. The molecule has 0 bridgehead atoms. The van der Waals surface area contributed by atoms with Gasteiger partial charge in [0.25, 0.3) is 0 Å². The number of hydrogen-bond acceptors (Lipinski definition) is 1. The molecule has 0 unspecified atom stereocenters. The molecule has 0 fully saturated rings. The van der Waals surface area contributed by atoms with E-state index in [1.807, 2.05) is 0 Å². The summed E-state index contributed by atoms with van der Waals surface area (Å²) in [5.74, 6) is 0. The molecule has 1 heteroatoms. The number of hydrogen-bond donors (Lipinski definition) is 1. The summed E-state index contributed by atoms with van der Waals surface area (Å²) < 4.78 is 0. The molecule has 0 heterocycles. The summed E-state index contributed by atoms with van der Waals surface area (Å²) >= 11 is 0. The van der Waals surface area contributed by atoms with Crippen LogP contribution in [-0.4, -0.2) is 6.54 Å². The molecule has 0 radical (unpaired) electrons. The molecule has 1 nitrogen and oxygen atoms in total. The van der Waals surface area contributed by atoms with Crippen LogP contribution < -0.4 is 5.73 Å². The van der Waals surface area contributed by atoms with E-state index in [1.165, 1.54) is 16.7 Å². The molecule has 0 aromatic heterocycles. The highest BCUT2D eigenvalue weighted by molar-refractivity contribution is 5.32. The molecular formula is C16H19N. The van der Waals surface area contributed by atoms with Crippen molar-refractivity contribution in [3.8, 4) is 0 Å². The molecule has 88 valence electrons. The lowest BCUT2D eigenvalue weighted by Crippen LogP contribution is -2.02. The van der Waals surface area contributed by atoms with Gasteiger partial charge in [-0.25, -0.2) is 0 Å². The van der Waals surface area contributed by atoms with E-state index >= 15 is 0 Å². The average Bonchev–Trinajstić information content (AvgIpc) is 2.39. The van der Waals surface area contributed by atoms with Crippen LogP contribution in [0, 0.1) is 0 Å². The van der Waals surface area contributed by atoms with Crippen molar-refractivity contribution in [3.05, 3.63) is 71.3 Å². The Morgan fingerprint density at radius 2 is 1.41 bits per heavy atom. The maximum atomic E-state index is 5.58. The van der Waals surface area contributed by atoms with Gasteiger partial charge in [0.05, 0.1) is 0 Å². The first-order chi connectivity index (χ1) is 8.40. The third kappa shape index (κ3) is 3.43. The quantitative estimate of drug-likeness (QED) is 0.831. The predicted molar refractivity (Wildman–Crippen MR) is 73.1 cm³/mol. The molecule has 17 heavy (non-hydrogen) atoms. The second-order valence-electron chi connectivity index (χ2n) is 4.32. The van der Waals surface area contributed by atoms with Crippen LogP contribution in [-0.2, 0) is 12.8 Å². The lowest BCUT2D eigenvalue weighted by Gasteiger charge is -2.09. The first-order valence-corrected chi connectivity index (χ1v) is 6.21. The van der Waals surface area contributed by atoms with E-state index in [2.05, 4.69) is 54.6 Å². The van der Waals surface area contributed by atoms with Gasteiger partial charge in [-0.15, -0.1) is 0 Å². The fourth-order valence-corrected chi connectivity index (χ4v) is 2.08. The van der Waals surface area contributed by atoms with Crippen LogP contribution in [0.15, 0.2) is 54.6 Å². The minimum atomic E-state index is 0.764. The summed E-state index contributed by atoms with van der Waals surface area (Å²) in [5.41, 5.74) is 9.80. The maximum Gasteiger partial charge on any atom is -0.00230 e. The first-order valence-electron chi connectivity index (χ1n) is 6.21. The molecular weight excluding hydrogens is 206 g/mol. The predicted octanol–water partition coefficient (Wildman–Crippen LogP) is 3.17. The molecule has 0 aliphatic carbocycles. The first kappa shape index (κ1) is 11.9. The SMILES string of the molecule is NCCCc1ccccc1Cc1ccccc1. The Morgan fingerprint density at radius 3 is 2.12 bits per heavy atom. The molecule has 2 aromatic rings. The largest absolute Gasteiger partial charge is 0.330 e. The molecule has 0 saturated carbocycles. The van der Waals surface area contributed by atoms with E-state index in [0.29, 0.717) is 0 Å². The van der Waals surface area contributed by atoms with Crippen LogP contribution in [0.5, 0.6) is 0 Å². The topological polar surface area (TPSA) is 26.0 Å². The Bertz CT molecular complexity index is 448. The van der Waals surface area contributed by atoms with Crippen molar-refractivity contribution >= 4 is 0 Å². The molecule has 2 N–H and O–H groups in total. The highest BCUT2D eigenvalue weighted by Gasteiger charge is 2.02. The summed E-state index contributed by atoms with van der Waals surface area (Å²) in [6.45, 7) is 0.764. The van der Waals surface area contributed by atoms with Gasteiger partial charge in [0.2, 0.25) is 0 Å². The summed E-state index contributed by atoms with van der Waals surface area (Å²) in [5, 5.41) is 0. The molecule has 0 aliphatic heterocycles. The lowest BCUT2D eigenvalue weighted by atomic mass is 9.97. The fourth-order valence-electron chi connectivity index (χ4n) is 2.08. The van der Waals surface area contributed by atoms with Gasteiger partial charge < -0.3 is 5.73 Å². The molecule has 0 atom stereocenters. The number of benzene rings is 2. The second kappa shape index (κ2) is 6.21. The number of nitrogens with two attached hydrogens (primary N) is 1. The molecule has 2 rings (SSSR count). The van der Waals surface area contributed by atoms with Crippen molar-refractivity contribution in [2.45, 2.75) is 19.3 Å². The number of rotatable bonds is 5. The summed E-state index contributed by atoms with van der Waals surface area (Å²) in [4.78, 5) is 0. The Labute approximate surface area is 103 Å². The Kier molecular flexibility index (Phi) is 4.34. The van der Waals surface area contributed by atoms with Crippen molar-refractivity contribution in [3.63, 3.8) is 0 Å². The molecule has 0 aliphatic rings. The second-order valence-corrected chi connectivity index (χ2v) is 4.32. The van der Waals surface area contributed by atoms with Crippen molar-refractivity contribution < 1.29 is 0 Å². The highest BCUT2D eigenvalue weighted by atomic mass is 14.5. The normalized spacial score (nSPS) is 10.4. The van der Waals surface area contributed by atoms with Gasteiger partial charge in [0.1, 0.15) is 0 Å². The van der Waals surface area contributed by atoms with Gasteiger partial charge in [-0.05, 0) is 42.5 Å². The molecule has 0 spiro atoms. The average molecular weight is 225 g/mol. The molecule has 2 aromatic carbocycles. The molecule has 0 saturated heterocycles. The van der Waals surface area contributed by atoms with E-state index in [1.54, 1.807) is 0 Å². The minimum absolute atomic E-state index is 0.764. The van der Waals surface area contributed by atoms with Gasteiger partial charge in [-0.3, -0.25) is 0 Å². The van der Waals surface area contributed by atoms with E-state index in [4.69, 9.17) is 5.73 Å². The molecule has 0 amide bonds. The standard InChI is InChI=1S/C16H19N/c17-12-6-11-15-9-4-5-10-16(15)13-14-7-2-1-3-8-14/h1-5,7-10H,6,11-13,17H2. The monoisotopic (exact) mass is 225 g/mol.